The van der Waals surface area contributed by atoms with Gasteiger partial charge < -0.3 is 15.7 Å². The van der Waals surface area contributed by atoms with Crippen molar-refractivity contribution >= 4 is 17.7 Å². The second kappa shape index (κ2) is 5.03. The van der Waals surface area contributed by atoms with Crippen LogP contribution in [-0.4, -0.2) is 34.2 Å². The summed E-state index contributed by atoms with van der Waals surface area (Å²) in [5.41, 5.74) is 1.55. The van der Waals surface area contributed by atoms with E-state index in [1.165, 1.54) is 24.4 Å². The van der Waals surface area contributed by atoms with Crippen LogP contribution < -0.4 is 10.6 Å². The molecule has 3 N–H and O–H groups in total. The predicted molar refractivity (Wildman–Crippen MR) is 72.5 cm³/mol. The van der Waals surface area contributed by atoms with Crippen LogP contribution in [0.5, 0.6) is 0 Å². The first kappa shape index (κ1) is 12.2. The number of carboxylic acid groups (broad SMARTS) is 1. The Labute approximate surface area is 112 Å². The summed E-state index contributed by atoms with van der Waals surface area (Å²) in [6.45, 7) is 0. The maximum atomic E-state index is 10.5. The van der Waals surface area contributed by atoms with Crippen molar-refractivity contribution in [3.05, 3.63) is 11.4 Å². The Morgan fingerprint density at radius 1 is 1.33 bits per heavy atom. The van der Waals surface area contributed by atoms with Crippen molar-refractivity contribution in [2.75, 3.05) is 5.75 Å². The topological polar surface area (TPSA) is 61.4 Å². The number of hydrogen-bond donors (Lipinski definition) is 3. The van der Waals surface area contributed by atoms with Gasteiger partial charge in [0, 0.05) is 17.4 Å². The first-order valence-corrected chi connectivity index (χ1v) is 7.87. The van der Waals surface area contributed by atoms with Gasteiger partial charge >= 0.3 is 5.97 Å². The van der Waals surface area contributed by atoms with E-state index < -0.39 is 5.97 Å². The van der Waals surface area contributed by atoms with E-state index in [2.05, 4.69) is 10.6 Å². The molecule has 5 heteroatoms. The van der Waals surface area contributed by atoms with E-state index >= 15 is 0 Å². The Bertz CT molecular complexity index is 377. The van der Waals surface area contributed by atoms with Gasteiger partial charge in [0.15, 0.2) is 0 Å². The number of fused-ring (bicyclic) bond motifs is 1. The number of nitrogens with one attached hydrogen (secondary N) is 2. The molecule has 0 bridgehead atoms. The zero-order valence-electron chi connectivity index (χ0n) is 10.4. The van der Waals surface area contributed by atoms with Gasteiger partial charge in [0.1, 0.15) is 0 Å². The first-order valence-electron chi connectivity index (χ1n) is 6.82. The van der Waals surface area contributed by atoms with E-state index in [-0.39, 0.29) is 0 Å². The summed E-state index contributed by atoms with van der Waals surface area (Å²) < 4.78 is 0. The van der Waals surface area contributed by atoms with Gasteiger partial charge in [0.05, 0.1) is 17.9 Å². The molecule has 0 aromatic rings. The molecule has 3 fully saturated rings. The maximum Gasteiger partial charge on any atom is 0.303 e. The van der Waals surface area contributed by atoms with Crippen molar-refractivity contribution < 1.29 is 9.90 Å². The fraction of sp³-hybridized carbons (Fsp3) is 0.769. The second-order valence-electron chi connectivity index (χ2n) is 5.41. The van der Waals surface area contributed by atoms with E-state index in [1.54, 1.807) is 5.57 Å². The molecule has 0 spiro atoms. The van der Waals surface area contributed by atoms with Crippen LogP contribution in [0.15, 0.2) is 11.4 Å². The molecular formula is C13H20N2O2S. The van der Waals surface area contributed by atoms with Crippen LogP contribution in [0.3, 0.4) is 0 Å². The van der Waals surface area contributed by atoms with Crippen molar-refractivity contribution in [3.63, 3.8) is 0 Å². The van der Waals surface area contributed by atoms with Gasteiger partial charge in [0.2, 0.25) is 0 Å². The molecule has 3 rings (SSSR count). The monoisotopic (exact) mass is 268 g/mol. The minimum Gasteiger partial charge on any atom is -0.481 e. The number of unbranched alkanes of at least 4 members (excludes halogenated alkanes) is 1. The third-order valence-corrected chi connectivity index (χ3v) is 5.46. The van der Waals surface area contributed by atoms with E-state index in [9.17, 15) is 4.79 Å². The molecule has 0 aromatic heterocycles. The number of carbonyl (C=O) groups is 1. The molecule has 1 aliphatic carbocycles. The number of allylic oxidation sites excluding steroid dienone is 1. The highest BCUT2D eigenvalue weighted by Gasteiger charge is 2.42. The van der Waals surface area contributed by atoms with Gasteiger partial charge in [-0.1, -0.05) is 6.42 Å². The highest BCUT2D eigenvalue weighted by atomic mass is 32.2. The number of rotatable bonds is 5. The summed E-state index contributed by atoms with van der Waals surface area (Å²) >= 11 is 2.03. The molecule has 0 amide bonds. The fourth-order valence-corrected chi connectivity index (χ4v) is 4.36. The summed E-state index contributed by atoms with van der Waals surface area (Å²) in [5.74, 6) is 1.81. The van der Waals surface area contributed by atoms with E-state index in [0.717, 1.165) is 19.3 Å². The summed E-state index contributed by atoms with van der Waals surface area (Å²) in [6, 6.07) is 1.14. The van der Waals surface area contributed by atoms with Gasteiger partial charge in [-0.05, 0) is 31.3 Å². The number of aliphatic carboxylic acids is 1. The van der Waals surface area contributed by atoms with Crippen LogP contribution in [0.1, 0.15) is 38.5 Å². The van der Waals surface area contributed by atoms with Crippen LogP contribution in [-0.2, 0) is 4.79 Å². The quantitative estimate of drug-likeness (QED) is 0.662. The number of thioether (sulfide) groups is 1. The molecule has 3 aliphatic rings. The molecule has 0 radical (unpaired) electrons. The molecule has 0 unspecified atom stereocenters. The first-order chi connectivity index (χ1) is 8.74. The zero-order chi connectivity index (χ0) is 12.5. The molecule has 2 aliphatic heterocycles. The molecule has 3 atom stereocenters. The lowest BCUT2D eigenvalue weighted by Gasteiger charge is -2.17. The Balaban J connectivity index is 1.46. The predicted octanol–water partition coefficient (Wildman–Crippen LogP) is 1.68. The van der Waals surface area contributed by atoms with Crippen LogP contribution in [0.2, 0.25) is 0 Å². The lowest BCUT2D eigenvalue weighted by molar-refractivity contribution is -0.137. The van der Waals surface area contributed by atoms with Crippen molar-refractivity contribution in [1.29, 1.82) is 0 Å². The van der Waals surface area contributed by atoms with Crippen LogP contribution in [0, 0.1) is 0 Å². The SMILES string of the molecule is O=C(O)CCCC[C@@H]1SC[C@@H]2NC(=C3CC3)N[C@@H]21. The highest BCUT2D eigenvalue weighted by Crippen LogP contribution is 2.38. The van der Waals surface area contributed by atoms with Gasteiger partial charge in [-0.15, -0.1) is 0 Å². The molecule has 100 valence electrons. The molecule has 1 saturated carbocycles. The minimum atomic E-state index is -0.673. The van der Waals surface area contributed by atoms with Crippen molar-refractivity contribution in [2.24, 2.45) is 0 Å². The molecule has 2 saturated heterocycles. The smallest absolute Gasteiger partial charge is 0.303 e. The normalized spacial score (nSPS) is 33.0. The Morgan fingerprint density at radius 2 is 2.17 bits per heavy atom. The lowest BCUT2D eigenvalue weighted by Crippen LogP contribution is -2.36. The summed E-state index contributed by atoms with van der Waals surface area (Å²) in [4.78, 5) is 10.5. The molecule has 4 nitrogen and oxygen atoms in total. The third kappa shape index (κ3) is 2.60. The van der Waals surface area contributed by atoms with Gasteiger partial charge in [-0.2, -0.15) is 11.8 Å². The largest absolute Gasteiger partial charge is 0.481 e. The van der Waals surface area contributed by atoms with Crippen molar-refractivity contribution in [3.8, 4) is 0 Å². The van der Waals surface area contributed by atoms with E-state index in [0.29, 0.717) is 23.8 Å². The third-order valence-electron chi connectivity index (χ3n) is 3.95. The number of hydrogen-bond acceptors (Lipinski definition) is 4. The lowest BCUT2D eigenvalue weighted by atomic mass is 10.0. The summed E-state index contributed by atoms with van der Waals surface area (Å²) in [6.07, 6.45) is 5.80. The van der Waals surface area contributed by atoms with Gasteiger partial charge in [-0.25, -0.2) is 0 Å². The number of carboxylic acids is 1. The second-order valence-corrected chi connectivity index (χ2v) is 6.68. The molecular weight excluding hydrogens is 248 g/mol. The van der Waals surface area contributed by atoms with Crippen LogP contribution >= 0.6 is 11.8 Å². The maximum absolute atomic E-state index is 10.5. The van der Waals surface area contributed by atoms with E-state index in [4.69, 9.17) is 5.11 Å². The van der Waals surface area contributed by atoms with Gasteiger partial charge in [-0.3, -0.25) is 4.79 Å². The highest BCUT2D eigenvalue weighted by molar-refractivity contribution is 8.00. The average Bonchev–Trinajstić information content (AvgIpc) is 2.98. The van der Waals surface area contributed by atoms with Gasteiger partial charge in [0.25, 0.3) is 0 Å². The fourth-order valence-electron chi connectivity index (χ4n) is 2.81. The Kier molecular flexibility index (Phi) is 3.41. The minimum absolute atomic E-state index is 0.312. The van der Waals surface area contributed by atoms with Crippen molar-refractivity contribution in [1.82, 2.24) is 10.6 Å². The summed E-state index contributed by atoms with van der Waals surface area (Å²) in [7, 11) is 0. The Morgan fingerprint density at radius 3 is 2.89 bits per heavy atom. The summed E-state index contributed by atoms with van der Waals surface area (Å²) in [5, 5.41) is 16.5. The molecule has 18 heavy (non-hydrogen) atoms. The Hall–Kier alpha value is -0.840. The average molecular weight is 268 g/mol. The standard InChI is InChI=1S/C13H20N2O2S/c16-11(17)4-2-1-3-10-12-9(7-18-10)14-13(15-12)8-5-6-8/h9-10,12,14-15H,1-7H2,(H,16,17)/t9-,10-,12-/m0/s1. The molecule has 2 heterocycles. The van der Waals surface area contributed by atoms with E-state index in [1.807, 2.05) is 11.8 Å². The molecule has 0 aromatic carbocycles. The van der Waals surface area contributed by atoms with Crippen LogP contribution in [0.25, 0.3) is 0 Å². The van der Waals surface area contributed by atoms with Crippen molar-refractivity contribution in [2.45, 2.75) is 55.9 Å². The zero-order valence-corrected chi connectivity index (χ0v) is 11.3. The van der Waals surface area contributed by atoms with Crippen LogP contribution in [0.4, 0.5) is 0 Å².